The van der Waals surface area contributed by atoms with Gasteiger partial charge in [-0.2, -0.15) is 4.98 Å². The smallest absolute Gasteiger partial charge is 0.240 e. The zero-order valence-corrected chi connectivity index (χ0v) is 10.8. The Morgan fingerprint density at radius 3 is 3.11 bits per heavy atom. The molecule has 2 heterocycles. The number of ether oxygens (including phenoxy) is 1. The van der Waals surface area contributed by atoms with Gasteiger partial charge >= 0.3 is 0 Å². The van der Waals surface area contributed by atoms with Crippen LogP contribution in [0.4, 0.5) is 0 Å². The molecule has 6 nitrogen and oxygen atoms in total. The predicted molar refractivity (Wildman–Crippen MR) is 64.9 cm³/mol. The van der Waals surface area contributed by atoms with Crippen molar-refractivity contribution in [2.75, 3.05) is 33.3 Å². The summed E-state index contributed by atoms with van der Waals surface area (Å²) in [5.74, 6) is 2.19. The minimum Gasteiger partial charge on any atom is -0.367 e. The second-order valence-corrected chi connectivity index (χ2v) is 5.24. The van der Waals surface area contributed by atoms with Crippen LogP contribution >= 0.6 is 0 Å². The lowest BCUT2D eigenvalue weighted by atomic mass is 10.3. The van der Waals surface area contributed by atoms with E-state index in [0.717, 1.165) is 32.2 Å². The molecule has 2 aliphatic rings. The van der Waals surface area contributed by atoms with Crippen LogP contribution in [-0.2, 0) is 11.3 Å². The maximum Gasteiger partial charge on any atom is 0.240 e. The molecular weight excluding hydrogens is 232 g/mol. The highest BCUT2D eigenvalue weighted by molar-refractivity contribution is 4.94. The molecule has 1 saturated heterocycles. The molecule has 1 aliphatic carbocycles. The van der Waals surface area contributed by atoms with Gasteiger partial charge < -0.3 is 19.5 Å². The Balaban J connectivity index is 1.51. The highest BCUT2D eigenvalue weighted by Gasteiger charge is 2.24. The van der Waals surface area contributed by atoms with Gasteiger partial charge in [-0.25, -0.2) is 0 Å². The van der Waals surface area contributed by atoms with Crippen LogP contribution < -0.4 is 5.32 Å². The number of nitrogens with zero attached hydrogens (tertiary/aromatic N) is 3. The lowest BCUT2D eigenvalue weighted by Crippen LogP contribution is -2.35. The average molecular weight is 252 g/mol. The molecule has 6 heteroatoms. The van der Waals surface area contributed by atoms with Gasteiger partial charge in [-0.15, -0.1) is 0 Å². The fourth-order valence-electron chi connectivity index (χ4n) is 2.11. The van der Waals surface area contributed by atoms with Crippen molar-refractivity contribution < 1.29 is 9.26 Å². The number of hydrogen-bond acceptors (Lipinski definition) is 6. The molecule has 100 valence electrons. The van der Waals surface area contributed by atoms with E-state index in [4.69, 9.17) is 9.26 Å². The number of hydrogen-bond donors (Lipinski definition) is 1. The number of aromatic nitrogens is 2. The summed E-state index contributed by atoms with van der Waals surface area (Å²) in [7, 11) is 2.08. The van der Waals surface area contributed by atoms with E-state index in [1.165, 1.54) is 12.8 Å². The lowest BCUT2D eigenvalue weighted by molar-refractivity contribution is -0.0264. The third-order valence-corrected chi connectivity index (χ3v) is 3.45. The van der Waals surface area contributed by atoms with E-state index < -0.39 is 0 Å². The normalized spacial score (nSPS) is 25.5. The van der Waals surface area contributed by atoms with Crippen LogP contribution in [0.2, 0.25) is 0 Å². The maximum atomic E-state index is 5.65. The quantitative estimate of drug-likeness (QED) is 0.826. The van der Waals surface area contributed by atoms with Gasteiger partial charge in [0, 0.05) is 13.1 Å². The molecule has 0 bridgehead atoms. The Morgan fingerprint density at radius 2 is 2.33 bits per heavy atom. The number of morpholine rings is 1. The summed E-state index contributed by atoms with van der Waals surface area (Å²) >= 11 is 0. The van der Waals surface area contributed by atoms with E-state index in [0.29, 0.717) is 18.3 Å². The van der Waals surface area contributed by atoms with E-state index in [1.54, 1.807) is 0 Å². The van der Waals surface area contributed by atoms with Gasteiger partial charge in [0.05, 0.1) is 13.2 Å². The SMILES string of the molecule is CN1CCOC(c2noc(CNCC3CC3)n2)C1. The highest BCUT2D eigenvalue weighted by Crippen LogP contribution is 2.27. The van der Waals surface area contributed by atoms with Crippen molar-refractivity contribution in [3.63, 3.8) is 0 Å². The first-order chi connectivity index (χ1) is 8.81. The third kappa shape index (κ3) is 3.07. The maximum absolute atomic E-state index is 5.65. The fraction of sp³-hybridized carbons (Fsp3) is 0.833. The van der Waals surface area contributed by atoms with Gasteiger partial charge in [0.15, 0.2) is 0 Å². The van der Waals surface area contributed by atoms with E-state index >= 15 is 0 Å². The number of nitrogens with one attached hydrogen (secondary N) is 1. The van der Waals surface area contributed by atoms with Gasteiger partial charge in [0.2, 0.25) is 11.7 Å². The second-order valence-electron chi connectivity index (χ2n) is 5.24. The van der Waals surface area contributed by atoms with Crippen LogP contribution in [0, 0.1) is 5.92 Å². The highest BCUT2D eigenvalue weighted by atomic mass is 16.5. The minimum atomic E-state index is -0.0512. The van der Waals surface area contributed by atoms with Crippen molar-refractivity contribution in [3.8, 4) is 0 Å². The topological polar surface area (TPSA) is 63.4 Å². The summed E-state index contributed by atoms with van der Waals surface area (Å²) in [4.78, 5) is 6.61. The van der Waals surface area contributed by atoms with Gasteiger partial charge in [-0.05, 0) is 32.4 Å². The summed E-state index contributed by atoms with van der Waals surface area (Å²) in [6.45, 7) is 4.23. The first-order valence-corrected chi connectivity index (χ1v) is 6.64. The van der Waals surface area contributed by atoms with Gasteiger partial charge in [-0.3, -0.25) is 0 Å². The van der Waals surface area contributed by atoms with E-state index in [2.05, 4.69) is 27.4 Å². The predicted octanol–water partition coefficient (Wildman–Crippen LogP) is 0.572. The van der Waals surface area contributed by atoms with Crippen molar-refractivity contribution in [1.82, 2.24) is 20.4 Å². The molecule has 0 spiro atoms. The van der Waals surface area contributed by atoms with E-state index in [-0.39, 0.29) is 6.10 Å². The van der Waals surface area contributed by atoms with Gasteiger partial charge in [0.1, 0.15) is 6.10 Å². The molecule has 1 atom stereocenters. The largest absolute Gasteiger partial charge is 0.367 e. The zero-order chi connectivity index (χ0) is 12.4. The number of rotatable bonds is 5. The molecule has 0 amide bonds. The second kappa shape index (κ2) is 5.34. The molecule has 3 rings (SSSR count). The average Bonchev–Trinajstić information content (AvgIpc) is 3.06. The summed E-state index contributed by atoms with van der Waals surface area (Å²) in [5, 5.41) is 7.35. The van der Waals surface area contributed by atoms with Crippen molar-refractivity contribution in [1.29, 1.82) is 0 Å². The van der Waals surface area contributed by atoms with Crippen LogP contribution in [0.1, 0.15) is 30.7 Å². The molecule has 1 aromatic rings. The molecule has 0 aromatic carbocycles. The fourth-order valence-corrected chi connectivity index (χ4v) is 2.11. The standard InChI is InChI=1S/C12H20N4O2/c1-16-4-5-17-10(8-16)12-14-11(18-15-12)7-13-6-9-2-3-9/h9-10,13H,2-8H2,1H3. The molecule has 1 saturated carbocycles. The van der Waals surface area contributed by atoms with Crippen LogP contribution in [0.3, 0.4) is 0 Å². The molecule has 2 fully saturated rings. The molecule has 1 aliphatic heterocycles. The summed E-state index contributed by atoms with van der Waals surface area (Å²) in [5.41, 5.74) is 0. The number of likely N-dealkylation sites (N-methyl/N-ethyl adjacent to an activating group) is 1. The molecule has 18 heavy (non-hydrogen) atoms. The molecule has 1 aromatic heterocycles. The Bertz CT molecular complexity index is 391. The van der Waals surface area contributed by atoms with Crippen molar-refractivity contribution in [2.24, 2.45) is 5.92 Å². The Labute approximate surface area is 107 Å². The molecule has 1 N–H and O–H groups in total. The Kier molecular flexibility index (Phi) is 3.58. The van der Waals surface area contributed by atoms with E-state index in [1.807, 2.05) is 0 Å². The summed E-state index contributed by atoms with van der Waals surface area (Å²) in [6.07, 6.45) is 2.65. The summed E-state index contributed by atoms with van der Waals surface area (Å²) in [6, 6.07) is 0. The van der Waals surface area contributed by atoms with Gasteiger partial charge in [0.25, 0.3) is 0 Å². The molecule has 1 unspecified atom stereocenters. The van der Waals surface area contributed by atoms with Crippen LogP contribution in [0.5, 0.6) is 0 Å². The zero-order valence-electron chi connectivity index (χ0n) is 10.8. The molecular formula is C12H20N4O2. The Morgan fingerprint density at radius 1 is 1.44 bits per heavy atom. The first kappa shape index (κ1) is 12.1. The minimum absolute atomic E-state index is 0.0512. The monoisotopic (exact) mass is 252 g/mol. The van der Waals surface area contributed by atoms with E-state index in [9.17, 15) is 0 Å². The van der Waals surface area contributed by atoms with Crippen LogP contribution in [-0.4, -0.2) is 48.3 Å². The van der Waals surface area contributed by atoms with Gasteiger partial charge in [-0.1, -0.05) is 5.16 Å². The molecule has 0 radical (unpaired) electrons. The van der Waals surface area contributed by atoms with Crippen molar-refractivity contribution in [3.05, 3.63) is 11.7 Å². The van der Waals surface area contributed by atoms with Crippen LogP contribution in [0.15, 0.2) is 4.52 Å². The lowest BCUT2D eigenvalue weighted by Gasteiger charge is -2.27. The third-order valence-electron chi connectivity index (χ3n) is 3.45. The van der Waals surface area contributed by atoms with Crippen molar-refractivity contribution >= 4 is 0 Å². The summed E-state index contributed by atoms with van der Waals surface area (Å²) < 4.78 is 10.9. The van der Waals surface area contributed by atoms with Crippen LogP contribution in [0.25, 0.3) is 0 Å². The van der Waals surface area contributed by atoms with Crippen molar-refractivity contribution in [2.45, 2.75) is 25.5 Å². The Hall–Kier alpha value is -0.980. The first-order valence-electron chi connectivity index (χ1n) is 6.64.